The molecule has 0 bridgehead atoms. The quantitative estimate of drug-likeness (QED) is 0.912. The first-order chi connectivity index (χ1) is 8.08. The highest BCUT2D eigenvalue weighted by atomic mass is 79.9. The molecule has 0 unspecified atom stereocenters. The summed E-state index contributed by atoms with van der Waals surface area (Å²) in [5, 5.41) is 2.83. The van der Waals surface area contributed by atoms with Crippen LogP contribution in [0, 0.1) is 13.8 Å². The Bertz CT molecular complexity index is 560. The van der Waals surface area contributed by atoms with Gasteiger partial charge in [0.25, 0.3) is 5.91 Å². The molecule has 0 aliphatic rings. The van der Waals surface area contributed by atoms with Crippen molar-refractivity contribution >= 4 is 27.5 Å². The van der Waals surface area contributed by atoms with Gasteiger partial charge in [0.15, 0.2) is 5.76 Å². The van der Waals surface area contributed by atoms with Crippen molar-refractivity contribution < 1.29 is 9.21 Å². The Balaban J connectivity index is 2.22. The molecular formula is C13H12BrNO2. The summed E-state index contributed by atoms with van der Waals surface area (Å²) in [6.07, 6.45) is 1.51. The van der Waals surface area contributed by atoms with Gasteiger partial charge in [-0.25, -0.2) is 0 Å². The summed E-state index contributed by atoms with van der Waals surface area (Å²) >= 11 is 3.38. The summed E-state index contributed by atoms with van der Waals surface area (Å²) in [7, 11) is 0. The summed E-state index contributed by atoms with van der Waals surface area (Å²) in [6.45, 7) is 3.78. The van der Waals surface area contributed by atoms with Crippen molar-refractivity contribution in [3.8, 4) is 0 Å². The highest BCUT2D eigenvalue weighted by Gasteiger charge is 2.13. The number of furan rings is 1. The van der Waals surface area contributed by atoms with Gasteiger partial charge in [-0.05, 0) is 43.7 Å². The number of benzene rings is 1. The second-order valence-corrected chi connectivity index (χ2v) is 4.76. The first-order valence-electron chi connectivity index (χ1n) is 5.19. The second kappa shape index (κ2) is 4.75. The number of anilines is 1. The number of carbonyl (C=O) groups is 1. The largest absolute Gasteiger partial charge is 0.459 e. The number of amides is 1. The van der Waals surface area contributed by atoms with E-state index >= 15 is 0 Å². The van der Waals surface area contributed by atoms with Gasteiger partial charge in [-0.3, -0.25) is 4.79 Å². The van der Waals surface area contributed by atoms with E-state index < -0.39 is 0 Å². The Morgan fingerprint density at radius 3 is 2.59 bits per heavy atom. The average Bonchev–Trinajstić information content (AvgIpc) is 2.68. The summed E-state index contributed by atoms with van der Waals surface area (Å²) in [6, 6.07) is 7.46. The molecule has 1 N–H and O–H groups in total. The van der Waals surface area contributed by atoms with Crippen LogP contribution in [-0.2, 0) is 0 Å². The Hall–Kier alpha value is -1.55. The van der Waals surface area contributed by atoms with Crippen LogP contribution >= 0.6 is 15.9 Å². The van der Waals surface area contributed by atoms with E-state index in [4.69, 9.17) is 4.42 Å². The lowest BCUT2D eigenvalue weighted by molar-refractivity contribution is 0.0996. The van der Waals surface area contributed by atoms with Crippen molar-refractivity contribution in [2.24, 2.45) is 0 Å². The molecule has 1 aromatic heterocycles. The summed E-state index contributed by atoms with van der Waals surface area (Å²) in [5.41, 5.74) is 2.61. The van der Waals surface area contributed by atoms with E-state index in [-0.39, 0.29) is 5.91 Å². The van der Waals surface area contributed by atoms with E-state index in [1.165, 1.54) is 6.26 Å². The lowest BCUT2D eigenvalue weighted by Gasteiger charge is -2.07. The van der Waals surface area contributed by atoms with Gasteiger partial charge in [0.2, 0.25) is 0 Å². The minimum atomic E-state index is -0.224. The average molecular weight is 294 g/mol. The number of halogens is 1. The van der Waals surface area contributed by atoms with E-state index in [2.05, 4.69) is 21.2 Å². The van der Waals surface area contributed by atoms with Crippen LogP contribution in [0.5, 0.6) is 0 Å². The van der Waals surface area contributed by atoms with E-state index in [9.17, 15) is 4.79 Å². The molecule has 2 aromatic rings. The van der Waals surface area contributed by atoms with Crippen molar-refractivity contribution in [3.05, 3.63) is 51.9 Å². The summed E-state index contributed by atoms with van der Waals surface area (Å²) in [5.74, 6) is 0.130. The van der Waals surface area contributed by atoms with Crippen molar-refractivity contribution in [1.82, 2.24) is 0 Å². The zero-order valence-corrected chi connectivity index (χ0v) is 11.2. The number of rotatable bonds is 2. The number of nitrogens with one attached hydrogen (secondary N) is 1. The van der Waals surface area contributed by atoms with Crippen LogP contribution in [0.4, 0.5) is 5.69 Å². The molecule has 0 fully saturated rings. The maximum atomic E-state index is 11.9. The number of hydrogen-bond donors (Lipinski definition) is 1. The van der Waals surface area contributed by atoms with Crippen molar-refractivity contribution in [2.45, 2.75) is 13.8 Å². The maximum Gasteiger partial charge on any atom is 0.291 e. The van der Waals surface area contributed by atoms with Gasteiger partial charge in [-0.2, -0.15) is 0 Å². The molecule has 0 saturated heterocycles. The van der Waals surface area contributed by atoms with Crippen molar-refractivity contribution in [2.75, 3.05) is 5.32 Å². The van der Waals surface area contributed by atoms with Crippen LogP contribution in [-0.4, -0.2) is 5.91 Å². The standard InChI is InChI=1S/C13H12BrNO2/c1-8-5-6-17-12(8)13(16)15-11-4-3-10(14)7-9(11)2/h3-7H,1-2H3,(H,15,16). The molecule has 1 heterocycles. The fourth-order valence-corrected chi connectivity index (χ4v) is 2.03. The molecule has 0 atom stereocenters. The van der Waals surface area contributed by atoms with E-state index in [0.29, 0.717) is 5.76 Å². The molecule has 0 saturated carbocycles. The lowest BCUT2D eigenvalue weighted by Crippen LogP contribution is -2.12. The number of aryl methyl sites for hydroxylation is 2. The van der Waals surface area contributed by atoms with Gasteiger partial charge in [-0.1, -0.05) is 15.9 Å². The van der Waals surface area contributed by atoms with Gasteiger partial charge in [-0.15, -0.1) is 0 Å². The zero-order valence-electron chi connectivity index (χ0n) is 9.58. The van der Waals surface area contributed by atoms with Crippen molar-refractivity contribution in [3.63, 3.8) is 0 Å². The topological polar surface area (TPSA) is 42.2 Å². The SMILES string of the molecule is Cc1cc(Br)ccc1NC(=O)c1occc1C. The summed E-state index contributed by atoms with van der Waals surface area (Å²) < 4.78 is 6.13. The van der Waals surface area contributed by atoms with Crippen LogP contribution in [0.3, 0.4) is 0 Å². The van der Waals surface area contributed by atoms with Gasteiger partial charge >= 0.3 is 0 Å². The first kappa shape index (κ1) is 11.9. The Morgan fingerprint density at radius 2 is 2.00 bits per heavy atom. The molecule has 0 radical (unpaired) electrons. The Labute approximate surface area is 108 Å². The molecule has 2 rings (SSSR count). The molecule has 4 heteroatoms. The van der Waals surface area contributed by atoms with Crippen LogP contribution in [0.2, 0.25) is 0 Å². The third kappa shape index (κ3) is 2.58. The molecule has 0 aliphatic heterocycles. The van der Waals surface area contributed by atoms with Crippen molar-refractivity contribution in [1.29, 1.82) is 0 Å². The third-order valence-electron chi connectivity index (χ3n) is 2.50. The maximum absolute atomic E-state index is 11.9. The minimum Gasteiger partial charge on any atom is -0.459 e. The van der Waals surface area contributed by atoms with Gasteiger partial charge in [0.05, 0.1) is 6.26 Å². The highest BCUT2D eigenvalue weighted by molar-refractivity contribution is 9.10. The number of carbonyl (C=O) groups excluding carboxylic acids is 1. The molecule has 1 aromatic carbocycles. The molecule has 0 aliphatic carbocycles. The monoisotopic (exact) mass is 293 g/mol. The fourth-order valence-electron chi connectivity index (χ4n) is 1.55. The molecule has 1 amide bonds. The number of hydrogen-bond acceptors (Lipinski definition) is 2. The fraction of sp³-hybridized carbons (Fsp3) is 0.154. The van der Waals surface area contributed by atoms with Crippen LogP contribution in [0.1, 0.15) is 21.7 Å². The Morgan fingerprint density at radius 1 is 1.24 bits per heavy atom. The van der Waals surface area contributed by atoms with Crippen LogP contribution < -0.4 is 5.32 Å². The van der Waals surface area contributed by atoms with Gasteiger partial charge in [0.1, 0.15) is 0 Å². The van der Waals surface area contributed by atoms with E-state index in [1.54, 1.807) is 6.07 Å². The summed E-state index contributed by atoms with van der Waals surface area (Å²) in [4.78, 5) is 11.9. The highest BCUT2D eigenvalue weighted by Crippen LogP contribution is 2.21. The van der Waals surface area contributed by atoms with Crippen LogP contribution in [0.15, 0.2) is 39.4 Å². The zero-order chi connectivity index (χ0) is 12.4. The van der Waals surface area contributed by atoms with Gasteiger partial charge < -0.3 is 9.73 Å². The smallest absolute Gasteiger partial charge is 0.291 e. The molecule has 3 nitrogen and oxygen atoms in total. The molecule has 17 heavy (non-hydrogen) atoms. The lowest BCUT2D eigenvalue weighted by atomic mass is 10.2. The predicted molar refractivity (Wildman–Crippen MR) is 70.3 cm³/mol. The molecule has 0 spiro atoms. The minimum absolute atomic E-state index is 0.224. The van der Waals surface area contributed by atoms with Gasteiger partial charge in [0, 0.05) is 15.7 Å². The van der Waals surface area contributed by atoms with Crippen LogP contribution in [0.25, 0.3) is 0 Å². The molecule has 88 valence electrons. The third-order valence-corrected chi connectivity index (χ3v) is 3.00. The molecular weight excluding hydrogens is 282 g/mol. The normalized spacial score (nSPS) is 10.3. The van der Waals surface area contributed by atoms with E-state index in [1.807, 2.05) is 32.0 Å². The van der Waals surface area contributed by atoms with E-state index in [0.717, 1.165) is 21.3 Å². The Kier molecular flexibility index (Phi) is 3.33. The predicted octanol–water partition coefficient (Wildman–Crippen LogP) is 3.91. The first-order valence-corrected chi connectivity index (χ1v) is 5.99. The second-order valence-electron chi connectivity index (χ2n) is 3.85.